The molecule has 0 fully saturated rings. The van der Waals surface area contributed by atoms with Gasteiger partial charge in [0.1, 0.15) is 0 Å². The minimum atomic E-state index is -0.800. The topological polar surface area (TPSA) is 66.6 Å². The molecule has 0 amide bonds. The predicted octanol–water partition coefficient (Wildman–Crippen LogP) is 1.31. The maximum absolute atomic E-state index is 10.8. The molecular formula is C13H20N2O2. The van der Waals surface area contributed by atoms with Crippen molar-refractivity contribution in [2.24, 2.45) is 5.73 Å². The molecule has 3 N–H and O–H groups in total. The minimum absolute atomic E-state index is 0.0572. The fourth-order valence-corrected chi connectivity index (χ4v) is 1.63. The summed E-state index contributed by atoms with van der Waals surface area (Å²) in [5, 5.41) is 8.85. The van der Waals surface area contributed by atoms with E-state index in [0.29, 0.717) is 13.1 Å². The molecule has 17 heavy (non-hydrogen) atoms. The lowest BCUT2D eigenvalue weighted by molar-refractivity contribution is -0.138. The van der Waals surface area contributed by atoms with Gasteiger partial charge in [-0.1, -0.05) is 30.3 Å². The van der Waals surface area contributed by atoms with Crippen LogP contribution in [0, 0.1) is 0 Å². The van der Waals surface area contributed by atoms with Crippen molar-refractivity contribution in [1.82, 2.24) is 4.90 Å². The monoisotopic (exact) mass is 236 g/mol. The molecule has 0 spiro atoms. The molecule has 0 aromatic heterocycles. The molecular weight excluding hydrogens is 216 g/mol. The van der Waals surface area contributed by atoms with Crippen molar-refractivity contribution in [1.29, 1.82) is 0 Å². The second kappa shape index (κ2) is 7.04. The van der Waals surface area contributed by atoms with E-state index in [1.54, 1.807) is 0 Å². The Labute approximate surface area is 102 Å². The summed E-state index contributed by atoms with van der Waals surface area (Å²) in [5.74, 6) is -0.800. The largest absolute Gasteiger partial charge is 0.480 e. The molecule has 1 aromatic rings. The number of hydrogen-bond acceptors (Lipinski definition) is 3. The van der Waals surface area contributed by atoms with Gasteiger partial charge in [-0.05, 0) is 18.9 Å². The van der Waals surface area contributed by atoms with Crippen LogP contribution in [0.3, 0.4) is 0 Å². The van der Waals surface area contributed by atoms with Crippen LogP contribution >= 0.6 is 0 Å². The molecule has 0 saturated carbocycles. The lowest BCUT2D eigenvalue weighted by Crippen LogP contribution is -2.33. The Hall–Kier alpha value is -1.39. The predicted molar refractivity (Wildman–Crippen MR) is 67.6 cm³/mol. The van der Waals surface area contributed by atoms with Crippen molar-refractivity contribution >= 4 is 5.97 Å². The van der Waals surface area contributed by atoms with E-state index in [2.05, 4.69) is 0 Å². The van der Waals surface area contributed by atoms with E-state index in [1.165, 1.54) is 0 Å². The molecule has 0 aliphatic rings. The van der Waals surface area contributed by atoms with Gasteiger partial charge in [-0.25, -0.2) is 0 Å². The fraction of sp³-hybridized carbons (Fsp3) is 0.462. The van der Waals surface area contributed by atoms with E-state index >= 15 is 0 Å². The molecule has 0 radical (unpaired) electrons. The third-order valence-corrected chi connectivity index (χ3v) is 2.51. The van der Waals surface area contributed by atoms with Crippen LogP contribution in [0.15, 0.2) is 30.3 Å². The summed E-state index contributed by atoms with van der Waals surface area (Å²) in [6.07, 6.45) is 0.806. The van der Waals surface area contributed by atoms with E-state index in [4.69, 9.17) is 10.8 Å². The molecule has 1 atom stereocenters. The molecule has 1 rings (SSSR count). The van der Waals surface area contributed by atoms with Crippen molar-refractivity contribution in [3.63, 3.8) is 0 Å². The van der Waals surface area contributed by atoms with E-state index in [0.717, 1.165) is 12.0 Å². The van der Waals surface area contributed by atoms with Crippen LogP contribution in [0.4, 0.5) is 0 Å². The fourth-order valence-electron chi connectivity index (χ4n) is 1.63. The Bertz CT molecular complexity index is 339. The Morgan fingerprint density at radius 1 is 1.41 bits per heavy atom. The van der Waals surface area contributed by atoms with Crippen LogP contribution in [0.2, 0.25) is 0 Å². The molecule has 0 saturated heterocycles. The molecule has 4 nitrogen and oxygen atoms in total. The van der Waals surface area contributed by atoms with Crippen LogP contribution in [0.1, 0.15) is 18.9 Å². The second-order valence-corrected chi connectivity index (χ2v) is 4.36. The van der Waals surface area contributed by atoms with E-state index in [-0.39, 0.29) is 12.6 Å². The van der Waals surface area contributed by atoms with Crippen LogP contribution in [-0.2, 0) is 11.3 Å². The zero-order valence-electron chi connectivity index (χ0n) is 10.2. The van der Waals surface area contributed by atoms with Gasteiger partial charge in [0.15, 0.2) is 0 Å². The van der Waals surface area contributed by atoms with Crippen LogP contribution < -0.4 is 5.73 Å². The highest BCUT2D eigenvalue weighted by molar-refractivity contribution is 5.69. The highest BCUT2D eigenvalue weighted by Crippen LogP contribution is 2.05. The van der Waals surface area contributed by atoms with Crippen molar-refractivity contribution in [3.05, 3.63) is 35.9 Å². The normalized spacial score (nSPS) is 12.6. The summed E-state index contributed by atoms with van der Waals surface area (Å²) in [6, 6.07) is 9.97. The van der Waals surface area contributed by atoms with Crippen molar-refractivity contribution in [2.75, 3.05) is 13.1 Å². The second-order valence-electron chi connectivity index (χ2n) is 4.36. The summed E-state index contributed by atoms with van der Waals surface area (Å²) in [7, 11) is 0. The van der Waals surface area contributed by atoms with Crippen LogP contribution in [0.5, 0.6) is 0 Å². The molecule has 0 aliphatic carbocycles. The lowest BCUT2D eigenvalue weighted by atomic mass is 10.2. The van der Waals surface area contributed by atoms with Crippen LogP contribution in [-0.4, -0.2) is 35.1 Å². The molecule has 1 aromatic carbocycles. The van der Waals surface area contributed by atoms with Gasteiger partial charge in [-0.15, -0.1) is 0 Å². The number of aliphatic carboxylic acids is 1. The van der Waals surface area contributed by atoms with Gasteiger partial charge in [-0.2, -0.15) is 0 Å². The molecule has 0 heterocycles. The van der Waals surface area contributed by atoms with E-state index < -0.39 is 5.97 Å². The Balaban J connectivity index is 2.54. The average molecular weight is 236 g/mol. The SMILES string of the molecule is CC(N)CCN(CC(=O)O)Cc1ccccc1. The Morgan fingerprint density at radius 3 is 2.59 bits per heavy atom. The first kappa shape index (κ1) is 13.7. The van der Waals surface area contributed by atoms with Crippen molar-refractivity contribution < 1.29 is 9.90 Å². The summed E-state index contributed by atoms with van der Waals surface area (Å²) >= 11 is 0. The number of nitrogens with two attached hydrogens (primary N) is 1. The smallest absolute Gasteiger partial charge is 0.317 e. The average Bonchev–Trinajstić information content (AvgIpc) is 2.26. The summed E-state index contributed by atoms with van der Waals surface area (Å²) in [4.78, 5) is 12.7. The third-order valence-electron chi connectivity index (χ3n) is 2.51. The van der Waals surface area contributed by atoms with Gasteiger partial charge in [0.2, 0.25) is 0 Å². The summed E-state index contributed by atoms with van der Waals surface area (Å²) < 4.78 is 0. The summed E-state index contributed by atoms with van der Waals surface area (Å²) in [5.41, 5.74) is 6.81. The number of rotatable bonds is 7. The molecule has 1 unspecified atom stereocenters. The van der Waals surface area contributed by atoms with Crippen molar-refractivity contribution in [2.45, 2.75) is 25.9 Å². The van der Waals surface area contributed by atoms with Gasteiger partial charge in [0.25, 0.3) is 0 Å². The maximum Gasteiger partial charge on any atom is 0.317 e. The number of nitrogens with zero attached hydrogens (tertiary/aromatic N) is 1. The van der Waals surface area contributed by atoms with Crippen LogP contribution in [0.25, 0.3) is 0 Å². The number of carboxylic acid groups (broad SMARTS) is 1. The number of carboxylic acids is 1. The maximum atomic E-state index is 10.8. The van der Waals surface area contributed by atoms with Gasteiger partial charge >= 0.3 is 5.97 Å². The first-order valence-corrected chi connectivity index (χ1v) is 5.81. The first-order valence-electron chi connectivity index (χ1n) is 5.81. The first-order chi connectivity index (χ1) is 8.08. The van der Waals surface area contributed by atoms with Gasteiger partial charge in [-0.3, -0.25) is 9.69 Å². The molecule has 0 bridgehead atoms. The zero-order valence-corrected chi connectivity index (χ0v) is 10.2. The van der Waals surface area contributed by atoms with E-state index in [9.17, 15) is 4.79 Å². The molecule has 0 aliphatic heterocycles. The molecule has 94 valence electrons. The highest BCUT2D eigenvalue weighted by atomic mass is 16.4. The van der Waals surface area contributed by atoms with Gasteiger partial charge < -0.3 is 10.8 Å². The highest BCUT2D eigenvalue weighted by Gasteiger charge is 2.10. The third kappa shape index (κ3) is 6.04. The summed E-state index contributed by atoms with van der Waals surface area (Å²) in [6.45, 7) is 3.35. The Kier molecular flexibility index (Phi) is 5.66. The zero-order chi connectivity index (χ0) is 12.7. The number of benzene rings is 1. The lowest BCUT2D eigenvalue weighted by Gasteiger charge is -2.21. The quantitative estimate of drug-likeness (QED) is 0.749. The number of hydrogen-bond donors (Lipinski definition) is 2. The minimum Gasteiger partial charge on any atom is -0.480 e. The van der Waals surface area contributed by atoms with Gasteiger partial charge in [0.05, 0.1) is 6.54 Å². The van der Waals surface area contributed by atoms with Crippen molar-refractivity contribution in [3.8, 4) is 0 Å². The standard InChI is InChI=1S/C13H20N2O2/c1-11(14)7-8-15(10-13(16)17)9-12-5-3-2-4-6-12/h2-6,11H,7-10,14H2,1H3,(H,16,17). The molecule has 4 heteroatoms. The van der Waals surface area contributed by atoms with Gasteiger partial charge in [0, 0.05) is 19.1 Å². The van der Waals surface area contributed by atoms with E-state index in [1.807, 2.05) is 42.2 Å². The Morgan fingerprint density at radius 2 is 2.06 bits per heavy atom. The number of carbonyl (C=O) groups is 1.